The van der Waals surface area contributed by atoms with Crippen molar-refractivity contribution in [1.29, 1.82) is 0 Å². The molecule has 2 aromatic rings. The first-order valence-electron chi connectivity index (χ1n) is 6.19. The largest absolute Gasteiger partial charge is 0.359 e. The molecule has 3 rings (SSSR count). The van der Waals surface area contributed by atoms with Crippen molar-refractivity contribution < 1.29 is 9.32 Å². The van der Waals surface area contributed by atoms with E-state index in [0.29, 0.717) is 31.7 Å². The van der Waals surface area contributed by atoms with Gasteiger partial charge in [-0.1, -0.05) is 34.4 Å². The minimum Gasteiger partial charge on any atom is -0.359 e. The molecular weight excluding hydrogens is 345 g/mol. The van der Waals surface area contributed by atoms with E-state index in [2.05, 4.69) is 15.5 Å². The number of carbonyl (C=O) groups excluding carboxylic acids is 1. The van der Waals surface area contributed by atoms with E-state index in [9.17, 15) is 4.79 Å². The number of aliphatic imine (C=N–C) groups is 1. The molecule has 1 aliphatic heterocycles. The normalized spacial score (nSPS) is 18.2. The highest BCUT2D eigenvalue weighted by molar-refractivity contribution is 8.18. The average molecular weight is 354 g/mol. The van der Waals surface area contributed by atoms with Gasteiger partial charge in [0.25, 0.3) is 5.91 Å². The standard InChI is InChI=1S/C14H9Cl2N3O2S/c1-7-4-12(19-21-7)17-14-18-13(20)11(22-14)6-8-2-3-9(15)10(16)5-8/h2-6H,1H3,(H,17,18,19,20)/b11-6+. The molecule has 0 unspecified atom stereocenters. The lowest BCUT2D eigenvalue weighted by atomic mass is 10.2. The van der Waals surface area contributed by atoms with Gasteiger partial charge in [-0.3, -0.25) is 4.79 Å². The molecule has 0 radical (unpaired) electrons. The van der Waals surface area contributed by atoms with Gasteiger partial charge in [-0.05, 0) is 42.5 Å². The maximum Gasteiger partial charge on any atom is 0.264 e. The molecule has 0 aliphatic carbocycles. The molecule has 8 heteroatoms. The van der Waals surface area contributed by atoms with Gasteiger partial charge in [0.2, 0.25) is 0 Å². The van der Waals surface area contributed by atoms with E-state index in [4.69, 9.17) is 27.7 Å². The number of nitrogens with one attached hydrogen (secondary N) is 1. The zero-order valence-corrected chi connectivity index (χ0v) is 13.6. The zero-order valence-electron chi connectivity index (χ0n) is 11.3. The molecule has 1 N–H and O–H groups in total. The third kappa shape index (κ3) is 3.35. The van der Waals surface area contributed by atoms with Crippen molar-refractivity contribution in [3.05, 3.63) is 50.5 Å². The fourth-order valence-corrected chi connectivity index (χ4v) is 2.88. The van der Waals surface area contributed by atoms with Gasteiger partial charge in [-0.25, -0.2) is 4.99 Å². The van der Waals surface area contributed by atoms with Gasteiger partial charge in [0.1, 0.15) is 5.76 Å². The molecule has 1 amide bonds. The van der Waals surface area contributed by atoms with Crippen LogP contribution in [0.25, 0.3) is 6.08 Å². The summed E-state index contributed by atoms with van der Waals surface area (Å²) >= 11 is 13.1. The van der Waals surface area contributed by atoms with Crippen LogP contribution in [0.3, 0.4) is 0 Å². The highest BCUT2D eigenvalue weighted by atomic mass is 35.5. The molecule has 1 aromatic heterocycles. The van der Waals surface area contributed by atoms with Crippen molar-refractivity contribution in [1.82, 2.24) is 10.5 Å². The number of aromatic nitrogens is 1. The van der Waals surface area contributed by atoms with E-state index in [1.165, 1.54) is 11.8 Å². The van der Waals surface area contributed by atoms with Crippen LogP contribution in [-0.4, -0.2) is 16.2 Å². The number of rotatable bonds is 2. The average Bonchev–Trinajstić information content (AvgIpc) is 3.01. The molecule has 1 fully saturated rings. The number of hydrogen-bond acceptors (Lipinski definition) is 5. The molecule has 0 bridgehead atoms. The summed E-state index contributed by atoms with van der Waals surface area (Å²) in [5.41, 5.74) is 0.783. The van der Waals surface area contributed by atoms with Crippen molar-refractivity contribution in [2.24, 2.45) is 4.99 Å². The van der Waals surface area contributed by atoms with Crippen molar-refractivity contribution in [2.45, 2.75) is 6.92 Å². The van der Waals surface area contributed by atoms with Crippen LogP contribution >= 0.6 is 35.0 Å². The van der Waals surface area contributed by atoms with Gasteiger partial charge in [0.15, 0.2) is 11.0 Å². The summed E-state index contributed by atoms with van der Waals surface area (Å²) in [5.74, 6) is 0.839. The van der Waals surface area contributed by atoms with Crippen LogP contribution < -0.4 is 5.32 Å². The lowest BCUT2D eigenvalue weighted by Gasteiger charge is -1.98. The Hall–Kier alpha value is -1.76. The third-order valence-electron chi connectivity index (χ3n) is 2.72. The van der Waals surface area contributed by atoms with Crippen LogP contribution in [0.4, 0.5) is 5.82 Å². The minimum atomic E-state index is -0.227. The number of amidine groups is 1. The molecule has 5 nitrogen and oxygen atoms in total. The molecule has 112 valence electrons. The second kappa shape index (κ2) is 6.16. The molecule has 1 aliphatic rings. The Bertz CT molecular complexity index is 814. The molecule has 1 saturated heterocycles. The van der Waals surface area contributed by atoms with Crippen LogP contribution in [0.5, 0.6) is 0 Å². The van der Waals surface area contributed by atoms with Crippen LogP contribution in [0.2, 0.25) is 10.0 Å². The van der Waals surface area contributed by atoms with Crippen LogP contribution in [0.15, 0.2) is 38.7 Å². The topological polar surface area (TPSA) is 67.5 Å². The number of amides is 1. The first-order valence-corrected chi connectivity index (χ1v) is 7.76. The number of aryl methyl sites for hydroxylation is 1. The quantitative estimate of drug-likeness (QED) is 0.822. The first kappa shape index (κ1) is 15.1. The first-order chi connectivity index (χ1) is 10.5. The maximum atomic E-state index is 12.0. The Morgan fingerprint density at radius 2 is 2.14 bits per heavy atom. The Morgan fingerprint density at radius 3 is 2.82 bits per heavy atom. The van der Waals surface area contributed by atoms with Crippen LogP contribution in [-0.2, 0) is 4.79 Å². The predicted octanol–water partition coefficient (Wildman–Crippen LogP) is 4.18. The maximum absolute atomic E-state index is 12.0. The molecule has 2 heterocycles. The third-order valence-corrected chi connectivity index (χ3v) is 4.37. The zero-order chi connectivity index (χ0) is 15.7. The number of benzene rings is 1. The highest BCUT2D eigenvalue weighted by Gasteiger charge is 2.24. The molecular formula is C14H9Cl2N3O2S. The SMILES string of the molecule is Cc1cc(N=C2NC(=O)/C(=C\c3ccc(Cl)c(Cl)c3)S2)no1. The number of thioether (sulfide) groups is 1. The Morgan fingerprint density at radius 1 is 1.32 bits per heavy atom. The highest BCUT2D eigenvalue weighted by Crippen LogP contribution is 2.29. The summed E-state index contributed by atoms with van der Waals surface area (Å²) < 4.78 is 4.93. The summed E-state index contributed by atoms with van der Waals surface area (Å²) in [7, 11) is 0. The second-order valence-electron chi connectivity index (χ2n) is 4.45. The Labute approximate surface area is 140 Å². The van der Waals surface area contributed by atoms with Crippen LogP contribution in [0, 0.1) is 6.92 Å². The monoisotopic (exact) mass is 353 g/mol. The Kier molecular flexibility index (Phi) is 4.24. The van der Waals surface area contributed by atoms with E-state index in [1.807, 2.05) is 0 Å². The number of halogens is 2. The van der Waals surface area contributed by atoms with E-state index < -0.39 is 0 Å². The van der Waals surface area contributed by atoms with Gasteiger partial charge in [0, 0.05) is 6.07 Å². The van der Waals surface area contributed by atoms with Crippen molar-refractivity contribution >= 4 is 57.9 Å². The van der Waals surface area contributed by atoms with E-state index in [1.54, 1.807) is 37.3 Å². The smallest absolute Gasteiger partial charge is 0.264 e. The summed E-state index contributed by atoms with van der Waals surface area (Å²) in [6.45, 7) is 1.77. The van der Waals surface area contributed by atoms with Gasteiger partial charge >= 0.3 is 0 Å². The summed E-state index contributed by atoms with van der Waals surface area (Å²) in [5, 5.41) is 7.78. The summed E-state index contributed by atoms with van der Waals surface area (Å²) in [6.07, 6.45) is 1.72. The minimum absolute atomic E-state index is 0.227. The van der Waals surface area contributed by atoms with Gasteiger partial charge in [-0.15, -0.1) is 0 Å². The number of carbonyl (C=O) groups is 1. The van der Waals surface area contributed by atoms with Crippen molar-refractivity contribution in [3.8, 4) is 0 Å². The number of hydrogen-bond donors (Lipinski definition) is 1. The van der Waals surface area contributed by atoms with Gasteiger partial charge < -0.3 is 9.84 Å². The Balaban J connectivity index is 1.83. The van der Waals surface area contributed by atoms with E-state index in [0.717, 1.165) is 5.56 Å². The van der Waals surface area contributed by atoms with E-state index >= 15 is 0 Å². The molecule has 22 heavy (non-hydrogen) atoms. The molecule has 0 atom stereocenters. The van der Waals surface area contributed by atoms with Crippen molar-refractivity contribution in [2.75, 3.05) is 0 Å². The lowest BCUT2D eigenvalue weighted by molar-refractivity contribution is -0.115. The van der Waals surface area contributed by atoms with Crippen LogP contribution in [0.1, 0.15) is 11.3 Å². The molecule has 1 aromatic carbocycles. The van der Waals surface area contributed by atoms with E-state index in [-0.39, 0.29) is 5.91 Å². The fraction of sp³-hybridized carbons (Fsp3) is 0.0714. The fourth-order valence-electron chi connectivity index (χ4n) is 1.74. The van der Waals surface area contributed by atoms with Gasteiger partial charge in [0.05, 0.1) is 15.0 Å². The molecule has 0 saturated carbocycles. The lowest BCUT2D eigenvalue weighted by Crippen LogP contribution is -2.19. The van der Waals surface area contributed by atoms with Crippen molar-refractivity contribution in [3.63, 3.8) is 0 Å². The second-order valence-corrected chi connectivity index (χ2v) is 6.30. The summed E-state index contributed by atoms with van der Waals surface area (Å²) in [6, 6.07) is 6.84. The predicted molar refractivity (Wildman–Crippen MR) is 88.5 cm³/mol. The van der Waals surface area contributed by atoms with Gasteiger partial charge in [-0.2, -0.15) is 0 Å². The number of nitrogens with zero attached hydrogens (tertiary/aromatic N) is 2. The summed E-state index contributed by atoms with van der Waals surface area (Å²) in [4.78, 5) is 16.7. The molecule has 0 spiro atoms.